The van der Waals surface area contributed by atoms with Crippen molar-refractivity contribution in [3.63, 3.8) is 0 Å². The van der Waals surface area contributed by atoms with Gasteiger partial charge in [0.25, 0.3) is 0 Å². The van der Waals surface area contributed by atoms with Gasteiger partial charge in [0.1, 0.15) is 0 Å². The first-order valence-electron chi connectivity index (χ1n) is 7.85. The van der Waals surface area contributed by atoms with Crippen LogP contribution in [0, 0.1) is 0 Å². The molecule has 0 aliphatic heterocycles. The van der Waals surface area contributed by atoms with E-state index in [1.54, 1.807) is 0 Å². The first-order chi connectivity index (χ1) is 10.3. The molecule has 0 saturated carbocycles. The maximum absolute atomic E-state index is 12.6. The van der Waals surface area contributed by atoms with Gasteiger partial charge in [-0.3, -0.25) is 9.78 Å². The molecule has 2 aromatic rings. The first kappa shape index (κ1) is 13.3. The molecule has 0 saturated heterocycles. The summed E-state index contributed by atoms with van der Waals surface area (Å²) in [6, 6.07) is 0. The summed E-state index contributed by atoms with van der Waals surface area (Å²) in [4.78, 5) is 15.5. The maximum Gasteiger partial charge on any atom is 0.325 e. The lowest BCUT2D eigenvalue weighted by molar-refractivity contribution is -0.596. The number of hydrogen-bond donors (Lipinski definition) is 1. The van der Waals surface area contributed by atoms with Gasteiger partial charge in [-0.25, -0.2) is 0 Å². The highest BCUT2D eigenvalue weighted by Crippen LogP contribution is 2.31. The molecule has 110 valence electrons. The van der Waals surface area contributed by atoms with Crippen LogP contribution in [0.5, 0.6) is 0 Å². The Kier molecular flexibility index (Phi) is 3.25. The smallest absolute Gasteiger partial charge is 0.291 e. The lowest BCUT2D eigenvalue weighted by Gasteiger charge is -2.22. The fourth-order valence-corrected chi connectivity index (χ4v) is 4.28. The van der Waals surface area contributed by atoms with Crippen LogP contribution >= 0.6 is 11.8 Å². The molecule has 0 aromatic carbocycles. The van der Waals surface area contributed by atoms with Crippen molar-refractivity contribution in [2.45, 2.75) is 56.5 Å². The molecule has 0 unspecified atom stereocenters. The fourth-order valence-electron chi connectivity index (χ4n) is 3.92. The van der Waals surface area contributed by atoms with Gasteiger partial charge < -0.3 is 0 Å². The molecule has 2 aliphatic rings. The minimum absolute atomic E-state index is 0.0286. The van der Waals surface area contributed by atoms with Crippen LogP contribution in [0.1, 0.15) is 48.1 Å². The van der Waals surface area contributed by atoms with E-state index in [9.17, 15) is 4.79 Å². The number of aromatic amines is 1. The largest absolute Gasteiger partial charge is 0.325 e. The standard InChI is InChI=1S/C16H19N3OS/c1-21-16-17-15(20)14-12-8-3-2-6-10(12)11-7-4-5-9-13(11)19(14)18-16/h2-9H2,1H3/p+1. The van der Waals surface area contributed by atoms with Crippen LogP contribution in [-0.4, -0.2) is 16.3 Å². The Morgan fingerprint density at radius 2 is 1.67 bits per heavy atom. The van der Waals surface area contributed by atoms with E-state index in [1.807, 2.05) is 10.8 Å². The predicted octanol–water partition coefficient (Wildman–Crippen LogP) is 1.99. The van der Waals surface area contributed by atoms with Gasteiger partial charge in [0, 0.05) is 22.6 Å². The SMILES string of the molecule is CSc1n[n+]2c3c(c4c(c2c(=O)[nH]1)CCCC4)CCCC3. The molecule has 0 atom stereocenters. The molecule has 0 amide bonds. The van der Waals surface area contributed by atoms with Crippen molar-refractivity contribution in [3.05, 3.63) is 32.7 Å². The molecule has 0 bridgehead atoms. The first-order valence-corrected chi connectivity index (χ1v) is 9.08. The summed E-state index contributed by atoms with van der Waals surface area (Å²) in [6.07, 6.45) is 11.2. The van der Waals surface area contributed by atoms with Crippen LogP contribution in [0.2, 0.25) is 0 Å². The average Bonchev–Trinajstić information content (AvgIpc) is 2.54. The summed E-state index contributed by atoms with van der Waals surface area (Å²) < 4.78 is 1.98. The van der Waals surface area contributed by atoms with Crippen molar-refractivity contribution >= 4 is 17.3 Å². The molecule has 4 rings (SSSR count). The molecular formula is C16H20N3OS+. The van der Waals surface area contributed by atoms with E-state index in [0.29, 0.717) is 5.16 Å². The molecule has 21 heavy (non-hydrogen) atoms. The second-order valence-electron chi connectivity index (χ2n) is 6.02. The normalized spacial score (nSPS) is 17.6. The lowest BCUT2D eigenvalue weighted by Crippen LogP contribution is -2.43. The molecular weight excluding hydrogens is 282 g/mol. The lowest BCUT2D eigenvalue weighted by atomic mass is 9.83. The average molecular weight is 302 g/mol. The number of nitrogens with zero attached hydrogens (tertiary/aromatic N) is 2. The van der Waals surface area contributed by atoms with Crippen LogP contribution in [0.3, 0.4) is 0 Å². The van der Waals surface area contributed by atoms with Gasteiger partial charge in [-0.1, -0.05) is 11.8 Å². The minimum Gasteiger partial charge on any atom is -0.291 e. The summed E-state index contributed by atoms with van der Waals surface area (Å²) in [6.45, 7) is 0. The Morgan fingerprint density at radius 1 is 1.00 bits per heavy atom. The third kappa shape index (κ3) is 2.01. The van der Waals surface area contributed by atoms with Crippen LogP contribution in [0.15, 0.2) is 9.95 Å². The second-order valence-corrected chi connectivity index (χ2v) is 6.82. The topological polar surface area (TPSA) is 49.9 Å². The van der Waals surface area contributed by atoms with Crippen molar-refractivity contribution in [2.75, 3.05) is 6.26 Å². The molecule has 2 aromatic heterocycles. The number of nitrogens with one attached hydrogen (secondary N) is 1. The van der Waals surface area contributed by atoms with Crippen molar-refractivity contribution in [2.24, 2.45) is 0 Å². The van der Waals surface area contributed by atoms with Crippen LogP contribution in [0.25, 0.3) is 5.52 Å². The number of rotatable bonds is 1. The van der Waals surface area contributed by atoms with E-state index in [2.05, 4.69) is 4.98 Å². The summed E-state index contributed by atoms with van der Waals surface area (Å²) in [5, 5.41) is 5.41. The highest BCUT2D eigenvalue weighted by molar-refractivity contribution is 7.98. The Balaban J connectivity index is 2.15. The van der Waals surface area contributed by atoms with Crippen molar-refractivity contribution in [3.8, 4) is 0 Å². The van der Waals surface area contributed by atoms with E-state index in [1.165, 1.54) is 59.8 Å². The third-order valence-corrected chi connectivity index (χ3v) is 5.41. The Labute approximate surface area is 128 Å². The zero-order valence-corrected chi connectivity index (χ0v) is 13.2. The molecule has 4 nitrogen and oxygen atoms in total. The van der Waals surface area contributed by atoms with Gasteiger partial charge in [0.2, 0.25) is 10.9 Å². The minimum atomic E-state index is 0.0286. The molecule has 0 spiro atoms. The Morgan fingerprint density at radius 3 is 2.43 bits per heavy atom. The number of aryl methyl sites for hydroxylation is 2. The van der Waals surface area contributed by atoms with Crippen LogP contribution in [-0.2, 0) is 25.7 Å². The van der Waals surface area contributed by atoms with Gasteiger partial charge in [-0.05, 0) is 61.3 Å². The number of aromatic nitrogens is 3. The fraction of sp³-hybridized carbons (Fsp3) is 0.562. The number of pyridine rings is 1. The van der Waals surface area contributed by atoms with E-state index in [4.69, 9.17) is 5.10 Å². The van der Waals surface area contributed by atoms with Gasteiger partial charge in [0.15, 0.2) is 0 Å². The van der Waals surface area contributed by atoms with Crippen LogP contribution in [0.4, 0.5) is 0 Å². The van der Waals surface area contributed by atoms with Crippen molar-refractivity contribution < 1.29 is 4.52 Å². The van der Waals surface area contributed by atoms with Gasteiger partial charge in [-0.15, -0.1) is 0 Å². The van der Waals surface area contributed by atoms with E-state index < -0.39 is 0 Å². The summed E-state index contributed by atoms with van der Waals surface area (Å²) in [7, 11) is 0. The predicted molar refractivity (Wildman–Crippen MR) is 83.1 cm³/mol. The summed E-state index contributed by atoms with van der Waals surface area (Å²) in [5.74, 6) is 0. The van der Waals surface area contributed by atoms with Gasteiger partial charge in [0.05, 0.1) is 0 Å². The highest BCUT2D eigenvalue weighted by Gasteiger charge is 2.32. The molecule has 1 N–H and O–H groups in total. The van der Waals surface area contributed by atoms with E-state index in [0.717, 1.165) is 31.2 Å². The van der Waals surface area contributed by atoms with E-state index in [-0.39, 0.29) is 5.56 Å². The number of H-pyrrole nitrogens is 1. The Bertz CT molecular complexity index is 781. The zero-order valence-electron chi connectivity index (χ0n) is 12.4. The zero-order chi connectivity index (χ0) is 14.4. The molecule has 0 fully saturated rings. The molecule has 0 radical (unpaired) electrons. The summed E-state index contributed by atoms with van der Waals surface area (Å²) in [5.41, 5.74) is 6.37. The van der Waals surface area contributed by atoms with E-state index >= 15 is 0 Å². The van der Waals surface area contributed by atoms with Gasteiger partial charge in [-0.2, -0.15) is 0 Å². The van der Waals surface area contributed by atoms with Crippen molar-refractivity contribution in [1.82, 2.24) is 10.1 Å². The number of thioether (sulfide) groups is 1. The quantitative estimate of drug-likeness (QED) is 0.647. The molecule has 2 aliphatic carbocycles. The highest BCUT2D eigenvalue weighted by atomic mass is 32.2. The summed E-state index contributed by atoms with van der Waals surface area (Å²) >= 11 is 1.50. The second kappa shape index (κ2) is 5.13. The molecule has 5 heteroatoms. The number of hydrogen-bond acceptors (Lipinski definition) is 3. The van der Waals surface area contributed by atoms with Gasteiger partial charge >= 0.3 is 11.1 Å². The Hall–Kier alpha value is -1.36. The van der Waals surface area contributed by atoms with Crippen LogP contribution < -0.4 is 10.1 Å². The monoisotopic (exact) mass is 302 g/mol. The molecule has 2 heterocycles. The third-order valence-electron chi connectivity index (χ3n) is 4.84. The maximum atomic E-state index is 12.6. The van der Waals surface area contributed by atoms with Crippen molar-refractivity contribution in [1.29, 1.82) is 0 Å². The number of fused-ring (bicyclic) bond motifs is 6.